The van der Waals surface area contributed by atoms with Crippen molar-refractivity contribution in [1.82, 2.24) is 4.98 Å². The van der Waals surface area contributed by atoms with E-state index in [0.717, 1.165) is 6.42 Å². The summed E-state index contributed by atoms with van der Waals surface area (Å²) in [4.78, 5) is 16.1. The number of carbonyl (C=O) groups is 1. The molecule has 0 aliphatic carbocycles. The summed E-state index contributed by atoms with van der Waals surface area (Å²) in [5, 5.41) is 12.4. The van der Waals surface area contributed by atoms with Crippen molar-refractivity contribution in [3.63, 3.8) is 0 Å². The van der Waals surface area contributed by atoms with Gasteiger partial charge in [-0.2, -0.15) is 0 Å². The van der Waals surface area contributed by atoms with Crippen LogP contribution >= 0.6 is 0 Å². The molecule has 114 valence electrons. The smallest absolute Gasteiger partial charge is 0.278 e. The minimum atomic E-state index is -0.489. The van der Waals surface area contributed by atoms with Crippen molar-refractivity contribution in [3.8, 4) is 11.5 Å². The van der Waals surface area contributed by atoms with Crippen molar-refractivity contribution in [2.45, 2.75) is 12.5 Å². The van der Waals surface area contributed by atoms with Crippen molar-refractivity contribution in [1.29, 1.82) is 0 Å². The molecule has 1 aromatic carbocycles. The summed E-state index contributed by atoms with van der Waals surface area (Å²) in [6.07, 6.45) is 2.26. The van der Waals surface area contributed by atoms with Gasteiger partial charge in [0.25, 0.3) is 5.91 Å². The molecule has 0 radical (unpaired) electrons. The highest BCUT2D eigenvalue weighted by Crippen LogP contribution is 2.27. The van der Waals surface area contributed by atoms with E-state index in [0.29, 0.717) is 24.7 Å². The van der Waals surface area contributed by atoms with E-state index in [-0.39, 0.29) is 17.5 Å². The molecule has 0 saturated carbocycles. The van der Waals surface area contributed by atoms with Crippen molar-refractivity contribution >= 4 is 11.6 Å². The van der Waals surface area contributed by atoms with Gasteiger partial charge in [0.15, 0.2) is 5.69 Å². The molecule has 2 N–H and O–H groups in total. The number of anilines is 1. The Balaban J connectivity index is 1.77. The highest BCUT2D eigenvalue weighted by molar-refractivity contribution is 6.05. The molecule has 0 spiro atoms. The summed E-state index contributed by atoms with van der Waals surface area (Å²) in [7, 11) is 0. The van der Waals surface area contributed by atoms with Gasteiger partial charge in [0.2, 0.25) is 0 Å². The van der Waals surface area contributed by atoms with Crippen LogP contribution in [0.25, 0.3) is 0 Å². The first-order valence-electron chi connectivity index (χ1n) is 7.03. The van der Waals surface area contributed by atoms with E-state index in [1.54, 1.807) is 24.3 Å². The number of pyridine rings is 1. The summed E-state index contributed by atoms with van der Waals surface area (Å²) in [6.45, 7) is 1.23. The Kier molecular flexibility index (Phi) is 4.20. The molecule has 22 heavy (non-hydrogen) atoms. The maximum Gasteiger partial charge on any atom is 0.278 e. The van der Waals surface area contributed by atoms with E-state index in [1.807, 2.05) is 6.07 Å². The number of aromatic nitrogens is 1. The molecule has 1 atom stereocenters. The molecule has 1 fully saturated rings. The average molecular weight is 300 g/mol. The molecule has 1 aliphatic rings. The Morgan fingerprint density at radius 3 is 2.95 bits per heavy atom. The van der Waals surface area contributed by atoms with E-state index in [1.165, 1.54) is 12.3 Å². The fourth-order valence-corrected chi connectivity index (χ4v) is 2.21. The van der Waals surface area contributed by atoms with Crippen LogP contribution in [0.15, 0.2) is 42.6 Å². The number of nitrogens with one attached hydrogen (secondary N) is 1. The molecule has 2 aromatic rings. The zero-order valence-electron chi connectivity index (χ0n) is 11.9. The predicted octanol–water partition coefficient (Wildman–Crippen LogP) is 2.21. The largest absolute Gasteiger partial charge is 0.505 e. The summed E-state index contributed by atoms with van der Waals surface area (Å²) in [5.74, 6) is -0.0822. The zero-order chi connectivity index (χ0) is 15.4. The minimum Gasteiger partial charge on any atom is -0.505 e. The molecule has 1 unspecified atom stereocenters. The third kappa shape index (κ3) is 3.17. The van der Waals surface area contributed by atoms with Crippen molar-refractivity contribution < 1.29 is 19.4 Å². The lowest BCUT2D eigenvalue weighted by Crippen LogP contribution is -2.18. The van der Waals surface area contributed by atoms with Crippen LogP contribution in [0.5, 0.6) is 11.5 Å². The highest BCUT2D eigenvalue weighted by Gasteiger charge is 2.20. The lowest BCUT2D eigenvalue weighted by atomic mass is 10.2. The molecule has 2 heterocycles. The van der Waals surface area contributed by atoms with E-state index in [4.69, 9.17) is 9.47 Å². The monoisotopic (exact) mass is 300 g/mol. The molecule has 6 heteroatoms. The van der Waals surface area contributed by atoms with Crippen molar-refractivity contribution in [2.75, 3.05) is 18.5 Å². The quantitative estimate of drug-likeness (QED) is 0.905. The number of nitrogens with zero attached hydrogens (tertiary/aromatic N) is 1. The third-order valence-electron chi connectivity index (χ3n) is 3.32. The topological polar surface area (TPSA) is 80.7 Å². The normalized spacial score (nSPS) is 17.2. The molecule has 1 saturated heterocycles. The van der Waals surface area contributed by atoms with E-state index in [2.05, 4.69) is 10.3 Å². The summed E-state index contributed by atoms with van der Waals surface area (Å²) < 4.78 is 11.1. The predicted molar refractivity (Wildman–Crippen MR) is 80.1 cm³/mol. The lowest BCUT2D eigenvalue weighted by molar-refractivity contribution is 0.101. The van der Waals surface area contributed by atoms with Crippen molar-refractivity contribution in [3.05, 3.63) is 48.3 Å². The summed E-state index contributed by atoms with van der Waals surface area (Å²) >= 11 is 0. The molecule has 1 aromatic heterocycles. The number of hydrogen-bond acceptors (Lipinski definition) is 5. The minimum absolute atomic E-state index is 0.0127. The fourth-order valence-electron chi connectivity index (χ4n) is 2.21. The van der Waals surface area contributed by atoms with Crippen LogP contribution in [-0.2, 0) is 4.74 Å². The number of ether oxygens (including phenoxy) is 2. The van der Waals surface area contributed by atoms with E-state index in [9.17, 15) is 9.90 Å². The van der Waals surface area contributed by atoms with Crippen LogP contribution in [0.1, 0.15) is 16.9 Å². The van der Waals surface area contributed by atoms with Gasteiger partial charge in [0, 0.05) is 12.6 Å². The van der Waals surface area contributed by atoms with E-state index >= 15 is 0 Å². The van der Waals surface area contributed by atoms with Gasteiger partial charge in [-0.3, -0.25) is 4.79 Å². The standard InChI is InChI=1S/C16H16N2O4/c19-13-5-3-8-17-15(13)16(20)18-12-4-1-2-6-14(12)22-11-7-9-21-10-11/h1-6,8,11,19H,7,9-10H2,(H,18,20). The van der Waals surface area contributed by atoms with Gasteiger partial charge < -0.3 is 19.9 Å². The average Bonchev–Trinajstić information content (AvgIpc) is 3.02. The molecule has 0 bridgehead atoms. The molecule has 3 rings (SSSR count). The second kappa shape index (κ2) is 6.44. The Labute approximate surface area is 127 Å². The Morgan fingerprint density at radius 2 is 2.18 bits per heavy atom. The van der Waals surface area contributed by atoms with E-state index < -0.39 is 5.91 Å². The van der Waals surface area contributed by atoms with Crippen LogP contribution in [0.2, 0.25) is 0 Å². The van der Waals surface area contributed by atoms with Crippen LogP contribution in [0.3, 0.4) is 0 Å². The number of rotatable bonds is 4. The number of hydrogen-bond donors (Lipinski definition) is 2. The fraction of sp³-hybridized carbons (Fsp3) is 0.250. The van der Waals surface area contributed by atoms with Gasteiger partial charge in [-0.1, -0.05) is 12.1 Å². The first-order valence-corrected chi connectivity index (χ1v) is 7.03. The lowest BCUT2D eigenvalue weighted by Gasteiger charge is -2.16. The SMILES string of the molecule is O=C(Nc1ccccc1OC1CCOC1)c1ncccc1O. The number of para-hydroxylation sites is 2. The second-order valence-corrected chi connectivity index (χ2v) is 4.92. The van der Waals surface area contributed by atoms with Gasteiger partial charge in [0.1, 0.15) is 17.6 Å². The Bertz CT molecular complexity index is 669. The second-order valence-electron chi connectivity index (χ2n) is 4.92. The molecular weight excluding hydrogens is 284 g/mol. The van der Waals surface area contributed by atoms with Crippen LogP contribution in [-0.4, -0.2) is 35.3 Å². The molecule has 1 amide bonds. The Hall–Kier alpha value is -2.60. The zero-order valence-corrected chi connectivity index (χ0v) is 11.9. The molecule has 6 nitrogen and oxygen atoms in total. The van der Waals surface area contributed by atoms with Gasteiger partial charge in [0.05, 0.1) is 18.9 Å². The first kappa shape index (κ1) is 14.3. The van der Waals surface area contributed by atoms with Crippen LogP contribution < -0.4 is 10.1 Å². The molecular formula is C16H16N2O4. The molecule has 1 aliphatic heterocycles. The first-order chi connectivity index (χ1) is 10.7. The van der Waals surface area contributed by atoms with Crippen LogP contribution in [0, 0.1) is 0 Å². The van der Waals surface area contributed by atoms with Gasteiger partial charge in [-0.25, -0.2) is 4.98 Å². The number of carbonyl (C=O) groups excluding carboxylic acids is 1. The van der Waals surface area contributed by atoms with Gasteiger partial charge in [-0.05, 0) is 24.3 Å². The maximum absolute atomic E-state index is 12.2. The summed E-state index contributed by atoms with van der Waals surface area (Å²) in [6, 6.07) is 10.1. The number of amides is 1. The van der Waals surface area contributed by atoms with Crippen LogP contribution in [0.4, 0.5) is 5.69 Å². The van der Waals surface area contributed by atoms with Gasteiger partial charge >= 0.3 is 0 Å². The Morgan fingerprint density at radius 1 is 1.32 bits per heavy atom. The number of aromatic hydroxyl groups is 1. The highest BCUT2D eigenvalue weighted by atomic mass is 16.5. The summed E-state index contributed by atoms with van der Waals surface area (Å²) in [5.41, 5.74) is 0.506. The maximum atomic E-state index is 12.2. The van der Waals surface area contributed by atoms with Crippen molar-refractivity contribution in [2.24, 2.45) is 0 Å². The van der Waals surface area contributed by atoms with Gasteiger partial charge in [-0.15, -0.1) is 0 Å². The number of benzene rings is 1. The third-order valence-corrected chi connectivity index (χ3v) is 3.32.